The van der Waals surface area contributed by atoms with Gasteiger partial charge in [0.05, 0.1) is 23.1 Å². The molecule has 1 unspecified atom stereocenters. The van der Waals surface area contributed by atoms with Gasteiger partial charge in [-0.1, -0.05) is 12.2 Å². The van der Waals surface area contributed by atoms with E-state index in [0.29, 0.717) is 28.1 Å². The van der Waals surface area contributed by atoms with Gasteiger partial charge in [-0.2, -0.15) is 22.0 Å². The Morgan fingerprint density at radius 2 is 2.19 bits per heavy atom. The van der Waals surface area contributed by atoms with Crippen LogP contribution in [-0.2, 0) is 9.53 Å². The molecule has 1 aliphatic carbocycles. The number of hydrogen-bond acceptors (Lipinski definition) is 5. The molecular formula is C15H15N3O2S. The summed E-state index contributed by atoms with van der Waals surface area (Å²) in [7, 11) is 0. The number of carbonyl (C=O) groups excluding carboxylic acids is 1. The maximum atomic E-state index is 12.0. The van der Waals surface area contributed by atoms with Crippen LogP contribution in [0.15, 0.2) is 33.8 Å². The van der Waals surface area contributed by atoms with Gasteiger partial charge in [0.2, 0.25) is 0 Å². The van der Waals surface area contributed by atoms with Crippen molar-refractivity contribution in [1.82, 2.24) is 0 Å². The lowest BCUT2D eigenvalue weighted by atomic mass is 9.91. The lowest BCUT2D eigenvalue weighted by Crippen LogP contribution is -2.28. The van der Waals surface area contributed by atoms with Crippen LogP contribution in [0.3, 0.4) is 0 Å². The normalized spacial score (nSPS) is 25.6. The zero-order valence-corrected chi connectivity index (χ0v) is 12.3. The summed E-state index contributed by atoms with van der Waals surface area (Å²) in [5, 5.41) is 9.69. The van der Waals surface area contributed by atoms with Gasteiger partial charge in [-0.3, -0.25) is 4.79 Å². The molecule has 21 heavy (non-hydrogen) atoms. The number of nitrogens with zero attached hydrogens (tertiary/aromatic N) is 3. The van der Waals surface area contributed by atoms with Crippen molar-refractivity contribution in [3.8, 4) is 6.07 Å². The Balaban J connectivity index is 1.70. The Bertz CT molecular complexity index is 607. The topological polar surface area (TPSA) is 74.8 Å². The van der Waals surface area contributed by atoms with Crippen LogP contribution >= 0.6 is 11.8 Å². The van der Waals surface area contributed by atoms with Crippen molar-refractivity contribution >= 4 is 29.2 Å². The van der Waals surface area contributed by atoms with E-state index in [0.717, 1.165) is 26.1 Å². The van der Waals surface area contributed by atoms with Crippen LogP contribution in [0, 0.1) is 17.2 Å². The first kappa shape index (κ1) is 14.2. The molecule has 0 aromatic heterocycles. The Kier molecular flexibility index (Phi) is 4.32. The maximum Gasteiger partial charge on any atom is 0.280 e. The third-order valence-corrected chi connectivity index (χ3v) is 4.97. The molecule has 1 saturated heterocycles. The van der Waals surface area contributed by atoms with Gasteiger partial charge in [0.1, 0.15) is 11.8 Å². The van der Waals surface area contributed by atoms with Crippen molar-refractivity contribution in [2.45, 2.75) is 18.1 Å². The van der Waals surface area contributed by atoms with Crippen molar-refractivity contribution in [3.63, 3.8) is 0 Å². The molecule has 0 aromatic carbocycles. The monoisotopic (exact) mass is 301 g/mol. The molecule has 108 valence electrons. The van der Waals surface area contributed by atoms with Gasteiger partial charge in [0.25, 0.3) is 5.91 Å². The Morgan fingerprint density at radius 1 is 1.38 bits per heavy atom. The summed E-state index contributed by atoms with van der Waals surface area (Å²) in [5.74, 6) is 0.397. The van der Waals surface area contributed by atoms with Crippen LogP contribution in [0.4, 0.5) is 0 Å². The minimum atomic E-state index is -0.451. The van der Waals surface area contributed by atoms with Gasteiger partial charge >= 0.3 is 0 Å². The van der Waals surface area contributed by atoms with E-state index in [1.165, 1.54) is 0 Å². The Hall–Kier alpha value is -1.71. The highest BCUT2D eigenvalue weighted by atomic mass is 32.2. The second-order valence-electron chi connectivity index (χ2n) is 5.02. The van der Waals surface area contributed by atoms with E-state index in [4.69, 9.17) is 10.00 Å². The summed E-state index contributed by atoms with van der Waals surface area (Å²) in [6.45, 7) is 1.59. The number of fused-ring (bicyclic) bond motifs is 1. The molecule has 6 heteroatoms. The molecule has 0 N–H and O–H groups in total. The molecule has 1 fully saturated rings. The Morgan fingerprint density at radius 3 is 2.95 bits per heavy atom. The van der Waals surface area contributed by atoms with Crippen LogP contribution < -0.4 is 0 Å². The van der Waals surface area contributed by atoms with E-state index in [-0.39, 0.29) is 5.91 Å². The minimum absolute atomic E-state index is 0.285. The number of aliphatic imine (C=N–C) groups is 2. The average molecular weight is 301 g/mol. The zero-order chi connectivity index (χ0) is 14.7. The summed E-state index contributed by atoms with van der Waals surface area (Å²) in [6.07, 6.45) is 7.21. The van der Waals surface area contributed by atoms with E-state index in [9.17, 15) is 4.79 Å². The number of rotatable bonds is 3. The van der Waals surface area contributed by atoms with Gasteiger partial charge in [0, 0.05) is 18.5 Å². The molecule has 0 bridgehead atoms. The smallest absolute Gasteiger partial charge is 0.280 e. The van der Waals surface area contributed by atoms with Crippen molar-refractivity contribution < 1.29 is 9.53 Å². The van der Waals surface area contributed by atoms with Gasteiger partial charge in [-0.05, 0) is 18.9 Å². The highest BCUT2D eigenvalue weighted by Crippen LogP contribution is 2.25. The first-order chi connectivity index (χ1) is 10.3. The fraction of sp³-hybridized carbons (Fsp3) is 0.467. The van der Waals surface area contributed by atoms with Crippen molar-refractivity contribution in [1.29, 1.82) is 5.26 Å². The lowest BCUT2D eigenvalue weighted by Gasteiger charge is -2.22. The number of carbonyl (C=O) groups is 1. The van der Waals surface area contributed by atoms with Crippen molar-refractivity contribution in [2.24, 2.45) is 15.9 Å². The third-order valence-electron chi connectivity index (χ3n) is 3.60. The fourth-order valence-electron chi connectivity index (χ4n) is 2.46. The number of thioether (sulfide) groups is 1. The quantitative estimate of drug-likeness (QED) is 0.798. The number of hydrogen-bond donors (Lipinski definition) is 0. The van der Waals surface area contributed by atoms with E-state index < -0.39 is 5.92 Å². The van der Waals surface area contributed by atoms with Gasteiger partial charge in [0.15, 0.2) is 0 Å². The number of nitriles is 1. The van der Waals surface area contributed by atoms with Gasteiger partial charge in [-0.15, -0.1) is 0 Å². The van der Waals surface area contributed by atoms with Gasteiger partial charge in [-0.25, -0.2) is 4.99 Å². The molecule has 2 aliphatic heterocycles. The number of ether oxygens (including phenoxy) is 1. The van der Waals surface area contributed by atoms with E-state index in [2.05, 4.69) is 16.1 Å². The zero-order valence-electron chi connectivity index (χ0n) is 11.5. The van der Waals surface area contributed by atoms with Crippen molar-refractivity contribution in [3.05, 3.63) is 23.8 Å². The van der Waals surface area contributed by atoms with Crippen LogP contribution in [-0.4, -0.2) is 41.7 Å². The predicted octanol–water partition coefficient (Wildman–Crippen LogP) is 1.91. The molecule has 0 radical (unpaired) electrons. The van der Waals surface area contributed by atoms with Crippen LogP contribution in [0.25, 0.3) is 0 Å². The van der Waals surface area contributed by atoms with Crippen LogP contribution in [0.2, 0.25) is 0 Å². The summed E-state index contributed by atoms with van der Waals surface area (Å²) in [5.41, 5.74) is 0.992. The molecule has 1 amide bonds. The summed E-state index contributed by atoms with van der Waals surface area (Å²) in [4.78, 5) is 20.5. The summed E-state index contributed by atoms with van der Waals surface area (Å²) in [6, 6.07) is 2.16. The average Bonchev–Trinajstić information content (AvgIpc) is 2.53. The predicted molar refractivity (Wildman–Crippen MR) is 82.5 cm³/mol. The maximum absolute atomic E-state index is 12.0. The first-order valence-electron chi connectivity index (χ1n) is 6.96. The number of amidine groups is 1. The molecule has 0 aromatic rings. The largest absolute Gasteiger partial charge is 0.381 e. The molecule has 0 spiro atoms. The molecule has 3 rings (SSSR count). The second-order valence-corrected chi connectivity index (χ2v) is 6.31. The molecule has 1 atom stereocenters. The third kappa shape index (κ3) is 3.14. The summed E-state index contributed by atoms with van der Waals surface area (Å²) >= 11 is 1.76. The lowest BCUT2D eigenvalue weighted by molar-refractivity contribution is -0.113. The SMILES string of the molecule is N#CC1C=CC=C2C(=O)N=C(CSC3CCOCC3)N=C21. The standard InChI is InChI=1S/C15H15N3O2S/c16-8-10-2-1-3-12-14(10)17-13(18-15(12)19)9-21-11-4-6-20-7-5-11/h1-3,10-11H,4-7,9H2. The molecule has 3 aliphatic rings. The molecule has 5 nitrogen and oxygen atoms in total. The fourth-order valence-corrected chi connectivity index (χ4v) is 3.50. The molecular weight excluding hydrogens is 286 g/mol. The second kappa shape index (κ2) is 6.37. The first-order valence-corrected chi connectivity index (χ1v) is 8.01. The molecule has 0 saturated carbocycles. The van der Waals surface area contributed by atoms with Crippen LogP contribution in [0.1, 0.15) is 12.8 Å². The highest BCUT2D eigenvalue weighted by molar-refractivity contribution is 8.00. The van der Waals surface area contributed by atoms with Gasteiger partial charge < -0.3 is 4.74 Å². The van der Waals surface area contributed by atoms with E-state index in [1.54, 1.807) is 30.0 Å². The Labute approximate surface area is 127 Å². The minimum Gasteiger partial charge on any atom is -0.381 e. The van der Waals surface area contributed by atoms with Crippen molar-refractivity contribution in [2.75, 3.05) is 19.0 Å². The number of allylic oxidation sites excluding steroid dienone is 3. The number of amides is 1. The molecule has 2 heterocycles. The van der Waals surface area contributed by atoms with E-state index in [1.807, 2.05) is 0 Å². The summed E-state index contributed by atoms with van der Waals surface area (Å²) < 4.78 is 5.33. The highest BCUT2D eigenvalue weighted by Gasteiger charge is 2.29. The van der Waals surface area contributed by atoms with E-state index >= 15 is 0 Å². The van der Waals surface area contributed by atoms with Crippen LogP contribution in [0.5, 0.6) is 0 Å².